The van der Waals surface area contributed by atoms with E-state index in [9.17, 15) is 9.59 Å². The Morgan fingerprint density at radius 1 is 1.44 bits per heavy atom. The lowest BCUT2D eigenvalue weighted by Gasteiger charge is -2.34. The minimum atomic E-state index is -0.116. The van der Waals surface area contributed by atoms with Gasteiger partial charge in [0.25, 0.3) is 0 Å². The van der Waals surface area contributed by atoms with Gasteiger partial charge in [0.1, 0.15) is 0 Å². The van der Waals surface area contributed by atoms with Gasteiger partial charge < -0.3 is 10.2 Å². The highest BCUT2D eigenvalue weighted by Gasteiger charge is 2.26. The topological polar surface area (TPSA) is 52.7 Å². The van der Waals surface area contributed by atoms with Crippen LogP contribution in [0.1, 0.15) is 19.4 Å². The summed E-state index contributed by atoms with van der Waals surface area (Å²) in [4.78, 5) is 26.4. The fourth-order valence-electron chi connectivity index (χ4n) is 2.13. The Bertz CT molecular complexity index is 499. The Balaban J connectivity index is 2.36. The zero-order valence-corrected chi connectivity index (χ0v) is 10.9. The smallest absolute Gasteiger partial charge is 0.324 e. The molecule has 1 N–H and O–H groups in total. The molecule has 1 aromatic carbocycles. The van der Waals surface area contributed by atoms with Crippen LogP contribution in [0.4, 0.5) is 16.2 Å². The standard InChI is InChI=1S/C13H17N3O2/c1-4-16-8-10-5-6-11(14-9(2)17)7-12(10)15(3)13(16)18/h5-7H,4,8H2,1-3H3,(H,14,17). The lowest BCUT2D eigenvalue weighted by Crippen LogP contribution is -2.44. The van der Waals surface area contributed by atoms with Crippen LogP contribution in [0.15, 0.2) is 18.2 Å². The van der Waals surface area contributed by atoms with Crippen LogP contribution in [0, 0.1) is 0 Å². The van der Waals surface area contributed by atoms with Crippen molar-refractivity contribution in [3.8, 4) is 0 Å². The van der Waals surface area contributed by atoms with Crippen molar-refractivity contribution in [3.63, 3.8) is 0 Å². The van der Waals surface area contributed by atoms with Gasteiger partial charge in [-0.15, -0.1) is 0 Å². The third-order valence-corrected chi connectivity index (χ3v) is 3.07. The van der Waals surface area contributed by atoms with Crippen molar-refractivity contribution in [1.82, 2.24) is 4.90 Å². The first-order valence-electron chi connectivity index (χ1n) is 5.96. The molecular weight excluding hydrogens is 230 g/mol. The molecule has 1 aliphatic heterocycles. The predicted molar refractivity (Wildman–Crippen MR) is 70.6 cm³/mol. The minimum absolute atomic E-state index is 0.00928. The van der Waals surface area contributed by atoms with Crippen LogP contribution >= 0.6 is 0 Å². The number of rotatable bonds is 2. The molecule has 96 valence electrons. The summed E-state index contributed by atoms with van der Waals surface area (Å²) in [5.74, 6) is -0.116. The summed E-state index contributed by atoms with van der Waals surface area (Å²) in [6, 6.07) is 5.64. The molecule has 0 radical (unpaired) electrons. The second-order valence-electron chi connectivity index (χ2n) is 4.38. The van der Waals surface area contributed by atoms with Gasteiger partial charge in [0.2, 0.25) is 5.91 Å². The molecule has 1 heterocycles. The lowest BCUT2D eigenvalue weighted by atomic mass is 10.1. The van der Waals surface area contributed by atoms with E-state index < -0.39 is 0 Å². The first-order chi connectivity index (χ1) is 8.52. The maximum Gasteiger partial charge on any atom is 0.324 e. The minimum Gasteiger partial charge on any atom is -0.326 e. The van der Waals surface area contributed by atoms with Crippen LogP contribution in [0.25, 0.3) is 0 Å². The molecule has 2 rings (SSSR count). The van der Waals surface area contributed by atoms with E-state index in [0.717, 1.165) is 11.3 Å². The Kier molecular flexibility index (Phi) is 3.23. The SMILES string of the molecule is CCN1Cc2ccc(NC(C)=O)cc2N(C)C1=O. The van der Waals surface area contributed by atoms with Gasteiger partial charge in [-0.25, -0.2) is 4.79 Å². The maximum atomic E-state index is 12.0. The molecule has 0 bridgehead atoms. The van der Waals surface area contributed by atoms with E-state index in [4.69, 9.17) is 0 Å². The van der Waals surface area contributed by atoms with Crippen molar-refractivity contribution >= 4 is 23.3 Å². The number of carbonyl (C=O) groups excluding carboxylic acids is 2. The molecule has 0 fully saturated rings. The molecule has 3 amide bonds. The van der Waals surface area contributed by atoms with Gasteiger partial charge in [-0.05, 0) is 24.6 Å². The largest absolute Gasteiger partial charge is 0.326 e. The Morgan fingerprint density at radius 2 is 2.17 bits per heavy atom. The van der Waals surface area contributed by atoms with Crippen LogP contribution in [0.3, 0.4) is 0 Å². The fraction of sp³-hybridized carbons (Fsp3) is 0.385. The highest BCUT2D eigenvalue weighted by atomic mass is 16.2. The number of fused-ring (bicyclic) bond motifs is 1. The zero-order valence-electron chi connectivity index (χ0n) is 10.9. The third-order valence-electron chi connectivity index (χ3n) is 3.07. The van der Waals surface area contributed by atoms with Crippen LogP contribution in [0.2, 0.25) is 0 Å². The molecule has 18 heavy (non-hydrogen) atoms. The second-order valence-corrected chi connectivity index (χ2v) is 4.38. The van der Waals surface area contributed by atoms with Crippen LogP contribution in [0.5, 0.6) is 0 Å². The highest BCUT2D eigenvalue weighted by molar-refractivity contribution is 5.96. The van der Waals surface area contributed by atoms with Crippen molar-refractivity contribution in [2.75, 3.05) is 23.8 Å². The summed E-state index contributed by atoms with van der Waals surface area (Å²) in [6.07, 6.45) is 0. The molecule has 0 spiro atoms. The number of hydrogen-bond acceptors (Lipinski definition) is 2. The van der Waals surface area contributed by atoms with Crippen molar-refractivity contribution < 1.29 is 9.59 Å². The van der Waals surface area contributed by atoms with E-state index in [1.54, 1.807) is 16.8 Å². The average Bonchev–Trinajstić information content (AvgIpc) is 2.33. The number of amides is 3. The maximum absolute atomic E-state index is 12.0. The van der Waals surface area contributed by atoms with Crippen molar-refractivity contribution in [2.24, 2.45) is 0 Å². The van der Waals surface area contributed by atoms with Gasteiger partial charge in [-0.2, -0.15) is 0 Å². The molecule has 0 saturated carbocycles. The number of urea groups is 1. The van der Waals surface area contributed by atoms with Gasteiger partial charge in [0, 0.05) is 32.7 Å². The molecule has 0 aromatic heterocycles. The molecule has 0 atom stereocenters. The summed E-state index contributed by atoms with van der Waals surface area (Å²) >= 11 is 0. The van der Waals surface area contributed by atoms with Crippen LogP contribution in [-0.4, -0.2) is 30.4 Å². The van der Waals surface area contributed by atoms with Gasteiger partial charge in [0.05, 0.1) is 5.69 Å². The molecule has 1 aromatic rings. The molecule has 0 saturated heterocycles. The first-order valence-corrected chi connectivity index (χ1v) is 5.96. The molecular formula is C13H17N3O2. The Morgan fingerprint density at radius 3 is 2.78 bits per heavy atom. The first kappa shape index (κ1) is 12.4. The van der Waals surface area contributed by atoms with Gasteiger partial charge >= 0.3 is 6.03 Å². The summed E-state index contributed by atoms with van der Waals surface area (Å²) in [5, 5.41) is 2.72. The fourth-order valence-corrected chi connectivity index (χ4v) is 2.13. The lowest BCUT2D eigenvalue weighted by molar-refractivity contribution is -0.114. The van der Waals surface area contributed by atoms with Crippen molar-refractivity contribution in [3.05, 3.63) is 23.8 Å². The average molecular weight is 247 g/mol. The highest BCUT2D eigenvalue weighted by Crippen LogP contribution is 2.30. The number of anilines is 2. The number of benzene rings is 1. The number of nitrogens with zero attached hydrogens (tertiary/aromatic N) is 2. The Hall–Kier alpha value is -2.04. The molecule has 0 aliphatic carbocycles. The van der Waals surface area contributed by atoms with E-state index in [1.807, 2.05) is 25.1 Å². The van der Waals surface area contributed by atoms with E-state index >= 15 is 0 Å². The second kappa shape index (κ2) is 4.68. The van der Waals surface area contributed by atoms with E-state index in [1.165, 1.54) is 6.92 Å². The third kappa shape index (κ3) is 2.16. The number of hydrogen-bond donors (Lipinski definition) is 1. The van der Waals surface area contributed by atoms with Gasteiger partial charge in [-0.3, -0.25) is 9.69 Å². The molecule has 1 aliphatic rings. The molecule has 0 unspecified atom stereocenters. The van der Waals surface area contributed by atoms with Crippen LogP contribution < -0.4 is 10.2 Å². The summed E-state index contributed by atoms with van der Waals surface area (Å²) in [7, 11) is 1.75. The van der Waals surface area contributed by atoms with Crippen LogP contribution in [-0.2, 0) is 11.3 Å². The van der Waals surface area contributed by atoms with E-state index in [-0.39, 0.29) is 11.9 Å². The number of carbonyl (C=O) groups is 2. The molecule has 5 heteroatoms. The number of nitrogens with one attached hydrogen (secondary N) is 1. The van der Waals surface area contributed by atoms with E-state index in [0.29, 0.717) is 18.8 Å². The van der Waals surface area contributed by atoms with Gasteiger partial charge in [-0.1, -0.05) is 6.07 Å². The van der Waals surface area contributed by atoms with Gasteiger partial charge in [0.15, 0.2) is 0 Å². The van der Waals surface area contributed by atoms with Crippen molar-refractivity contribution in [1.29, 1.82) is 0 Å². The summed E-state index contributed by atoms with van der Waals surface area (Å²) in [5.41, 5.74) is 2.66. The van der Waals surface area contributed by atoms with Crippen molar-refractivity contribution in [2.45, 2.75) is 20.4 Å². The summed E-state index contributed by atoms with van der Waals surface area (Å²) in [6.45, 7) is 4.74. The zero-order chi connectivity index (χ0) is 13.3. The normalized spacial score (nSPS) is 14.5. The summed E-state index contributed by atoms with van der Waals surface area (Å²) < 4.78 is 0. The monoisotopic (exact) mass is 247 g/mol. The quantitative estimate of drug-likeness (QED) is 0.869. The Labute approximate surface area is 106 Å². The molecule has 5 nitrogen and oxygen atoms in total. The van der Waals surface area contributed by atoms with E-state index in [2.05, 4.69) is 5.32 Å². The predicted octanol–water partition coefficient (Wildman–Crippen LogP) is 2.04.